The Morgan fingerprint density at radius 2 is 2.13 bits per heavy atom. The van der Waals surface area contributed by atoms with Crippen LogP contribution < -0.4 is 5.32 Å². The van der Waals surface area contributed by atoms with E-state index in [-0.39, 0.29) is 5.91 Å². The SMILES string of the molecule is CC(=O)N[C@H]1CCc2ccccc2[C@H]1C. The Kier molecular flexibility index (Phi) is 2.76. The van der Waals surface area contributed by atoms with Crippen molar-refractivity contribution in [3.8, 4) is 0 Å². The molecule has 0 saturated carbocycles. The number of benzene rings is 1. The Bertz CT molecular complexity index is 373. The minimum Gasteiger partial charge on any atom is -0.353 e. The van der Waals surface area contributed by atoms with Gasteiger partial charge in [0, 0.05) is 18.9 Å². The summed E-state index contributed by atoms with van der Waals surface area (Å²) in [4.78, 5) is 11.1. The highest BCUT2D eigenvalue weighted by Crippen LogP contribution is 2.31. The van der Waals surface area contributed by atoms with Gasteiger partial charge in [-0.3, -0.25) is 4.79 Å². The predicted octanol–water partition coefficient (Wildman–Crippen LogP) is 2.24. The maximum absolute atomic E-state index is 11.1. The summed E-state index contributed by atoms with van der Waals surface area (Å²) in [6, 6.07) is 8.83. The molecule has 0 radical (unpaired) electrons. The lowest BCUT2D eigenvalue weighted by atomic mass is 9.80. The van der Waals surface area contributed by atoms with Gasteiger partial charge >= 0.3 is 0 Å². The highest BCUT2D eigenvalue weighted by Gasteiger charge is 2.25. The fraction of sp³-hybridized carbons (Fsp3) is 0.462. The lowest BCUT2D eigenvalue weighted by Crippen LogP contribution is -2.39. The first-order chi connectivity index (χ1) is 7.18. The lowest BCUT2D eigenvalue weighted by molar-refractivity contribution is -0.119. The van der Waals surface area contributed by atoms with Gasteiger partial charge in [-0.2, -0.15) is 0 Å². The van der Waals surface area contributed by atoms with Crippen molar-refractivity contribution in [2.45, 2.75) is 38.6 Å². The third-order valence-corrected chi connectivity index (χ3v) is 3.26. The van der Waals surface area contributed by atoms with Crippen molar-refractivity contribution >= 4 is 5.91 Å². The molecule has 80 valence electrons. The van der Waals surface area contributed by atoms with Crippen LogP contribution in [0.4, 0.5) is 0 Å². The molecule has 2 nitrogen and oxygen atoms in total. The summed E-state index contributed by atoms with van der Waals surface area (Å²) >= 11 is 0. The van der Waals surface area contributed by atoms with E-state index in [1.54, 1.807) is 6.92 Å². The summed E-state index contributed by atoms with van der Waals surface area (Å²) in [5.41, 5.74) is 2.83. The maximum Gasteiger partial charge on any atom is 0.217 e. The fourth-order valence-corrected chi connectivity index (χ4v) is 2.44. The van der Waals surface area contributed by atoms with Crippen LogP contribution in [0, 0.1) is 0 Å². The Balaban J connectivity index is 2.22. The van der Waals surface area contributed by atoms with Gasteiger partial charge < -0.3 is 5.32 Å². The predicted molar refractivity (Wildman–Crippen MR) is 60.8 cm³/mol. The largest absolute Gasteiger partial charge is 0.353 e. The quantitative estimate of drug-likeness (QED) is 0.745. The highest BCUT2D eigenvalue weighted by molar-refractivity contribution is 5.73. The van der Waals surface area contributed by atoms with E-state index in [1.165, 1.54) is 11.1 Å². The molecule has 0 aromatic heterocycles. The molecule has 1 amide bonds. The van der Waals surface area contributed by atoms with E-state index in [0.717, 1.165) is 12.8 Å². The van der Waals surface area contributed by atoms with Gasteiger partial charge in [-0.05, 0) is 24.0 Å². The first-order valence-corrected chi connectivity index (χ1v) is 5.53. The number of nitrogens with one attached hydrogen (secondary N) is 1. The smallest absolute Gasteiger partial charge is 0.217 e. The normalized spacial score (nSPS) is 24.4. The van der Waals surface area contributed by atoms with E-state index in [2.05, 4.69) is 36.5 Å². The molecule has 0 fully saturated rings. The first-order valence-electron chi connectivity index (χ1n) is 5.53. The van der Waals surface area contributed by atoms with E-state index in [1.807, 2.05) is 0 Å². The molecule has 0 spiro atoms. The van der Waals surface area contributed by atoms with Crippen molar-refractivity contribution in [1.29, 1.82) is 0 Å². The third-order valence-electron chi connectivity index (χ3n) is 3.26. The summed E-state index contributed by atoms with van der Waals surface area (Å²) in [7, 11) is 0. The van der Waals surface area contributed by atoms with Gasteiger partial charge in [0.25, 0.3) is 0 Å². The van der Waals surface area contributed by atoms with E-state index in [0.29, 0.717) is 12.0 Å². The molecule has 2 rings (SSSR count). The summed E-state index contributed by atoms with van der Waals surface area (Å²) in [5.74, 6) is 0.505. The number of fused-ring (bicyclic) bond motifs is 1. The molecule has 0 heterocycles. The van der Waals surface area contributed by atoms with Crippen molar-refractivity contribution in [3.63, 3.8) is 0 Å². The van der Waals surface area contributed by atoms with Crippen LogP contribution in [0.2, 0.25) is 0 Å². The van der Waals surface area contributed by atoms with E-state index >= 15 is 0 Å². The molecule has 1 aromatic carbocycles. The summed E-state index contributed by atoms with van der Waals surface area (Å²) in [6.45, 7) is 3.78. The number of rotatable bonds is 1. The van der Waals surface area contributed by atoms with Crippen LogP contribution in [0.5, 0.6) is 0 Å². The highest BCUT2D eigenvalue weighted by atomic mass is 16.1. The maximum atomic E-state index is 11.1. The molecule has 1 aliphatic rings. The van der Waals surface area contributed by atoms with Crippen molar-refractivity contribution in [2.24, 2.45) is 0 Å². The minimum absolute atomic E-state index is 0.0752. The van der Waals surface area contributed by atoms with E-state index in [9.17, 15) is 4.79 Å². The van der Waals surface area contributed by atoms with Crippen LogP contribution in [-0.4, -0.2) is 11.9 Å². The number of hydrogen-bond acceptors (Lipinski definition) is 1. The van der Waals surface area contributed by atoms with Crippen molar-refractivity contribution in [1.82, 2.24) is 5.32 Å². The van der Waals surface area contributed by atoms with Crippen LogP contribution >= 0.6 is 0 Å². The van der Waals surface area contributed by atoms with Crippen LogP contribution in [0.15, 0.2) is 24.3 Å². The summed E-state index contributed by atoms with van der Waals surface area (Å²) < 4.78 is 0. The molecule has 1 N–H and O–H groups in total. The van der Waals surface area contributed by atoms with Gasteiger partial charge in [-0.1, -0.05) is 31.2 Å². The molecule has 15 heavy (non-hydrogen) atoms. The van der Waals surface area contributed by atoms with Gasteiger partial charge in [-0.15, -0.1) is 0 Å². The van der Waals surface area contributed by atoms with Gasteiger partial charge in [0.05, 0.1) is 0 Å². The van der Waals surface area contributed by atoms with Crippen LogP contribution in [0.25, 0.3) is 0 Å². The van der Waals surface area contributed by atoms with Crippen molar-refractivity contribution in [2.75, 3.05) is 0 Å². The van der Waals surface area contributed by atoms with E-state index < -0.39 is 0 Å². The fourth-order valence-electron chi connectivity index (χ4n) is 2.44. The Morgan fingerprint density at radius 3 is 2.87 bits per heavy atom. The topological polar surface area (TPSA) is 29.1 Å². The second-order valence-corrected chi connectivity index (χ2v) is 4.33. The van der Waals surface area contributed by atoms with Crippen LogP contribution in [0.1, 0.15) is 37.3 Å². The van der Waals surface area contributed by atoms with Crippen molar-refractivity contribution < 1.29 is 4.79 Å². The second-order valence-electron chi connectivity index (χ2n) is 4.33. The van der Waals surface area contributed by atoms with Gasteiger partial charge in [0.1, 0.15) is 0 Å². The zero-order valence-corrected chi connectivity index (χ0v) is 9.29. The Morgan fingerprint density at radius 1 is 1.40 bits per heavy atom. The van der Waals surface area contributed by atoms with Gasteiger partial charge in [0.15, 0.2) is 0 Å². The molecule has 1 aliphatic carbocycles. The molecule has 0 bridgehead atoms. The molecular formula is C13H17NO. The zero-order valence-electron chi connectivity index (χ0n) is 9.29. The standard InChI is InChI=1S/C13H17NO/c1-9-12-6-4-3-5-11(12)7-8-13(9)14-10(2)15/h3-6,9,13H,7-8H2,1-2H3,(H,14,15)/t9-,13+/m1/s1. The number of carbonyl (C=O) groups excluding carboxylic acids is 1. The van der Waals surface area contributed by atoms with Crippen molar-refractivity contribution in [3.05, 3.63) is 35.4 Å². The molecule has 2 heteroatoms. The second kappa shape index (κ2) is 4.05. The average molecular weight is 203 g/mol. The Labute approximate surface area is 90.7 Å². The Hall–Kier alpha value is -1.31. The van der Waals surface area contributed by atoms with Gasteiger partial charge in [0.2, 0.25) is 5.91 Å². The van der Waals surface area contributed by atoms with Gasteiger partial charge in [-0.25, -0.2) is 0 Å². The minimum atomic E-state index is 0.0752. The summed E-state index contributed by atoms with van der Waals surface area (Å²) in [5, 5.41) is 3.03. The monoisotopic (exact) mass is 203 g/mol. The zero-order chi connectivity index (χ0) is 10.8. The third kappa shape index (κ3) is 2.04. The molecule has 0 saturated heterocycles. The van der Waals surface area contributed by atoms with Crippen LogP contribution in [-0.2, 0) is 11.2 Å². The molecular weight excluding hydrogens is 186 g/mol. The molecule has 0 aliphatic heterocycles. The number of aryl methyl sites for hydroxylation is 1. The number of hydrogen-bond donors (Lipinski definition) is 1. The van der Waals surface area contributed by atoms with Crippen LogP contribution in [0.3, 0.4) is 0 Å². The summed E-state index contributed by atoms with van der Waals surface area (Å²) in [6.07, 6.45) is 2.13. The molecule has 2 atom stereocenters. The molecule has 0 unspecified atom stereocenters. The average Bonchev–Trinajstić information content (AvgIpc) is 2.22. The number of amides is 1. The van der Waals surface area contributed by atoms with E-state index in [4.69, 9.17) is 0 Å². The number of carbonyl (C=O) groups is 1. The first kappa shape index (κ1) is 10.2. The molecule has 1 aromatic rings. The lowest BCUT2D eigenvalue weighted by Gasteiger charge is -2.31.